The molecule has 0 saturated heterocycles. The fourth-order valence-electron chi connectivity index (χ4n) is 1.50. The van der Waals surface area contributed by atoms with Gasteiger partial charge < -0.3 is 0 Å². The van der Waals surface area contributed by atoms with Gasteiger partial charge in [-0.2, -0.15) is 0 Å². The molecule has 1 rings (SSSR count). The number of hydrogen-bond acceptors (Lipinski definition) is 2. The molecule has 1 aromatic rings. The van der Waals surface area contributed by atoms with Crippen molar-refractivity contribution in [3.63, 3.8) is 0 Å². The van der Waals surface area contributed by atoms with E-state index in [2.05, 4.69) is 45.0 Å². The molecule has 0 aromatic heterocycles. The Balaban J connectivity index is 2.50. The van der Waals surface area contributed by atoms with Gasteiger partial charge in [0.2, 0.25) is 0 Å². The number of unbranched alkanes of at least 4 members (excludes halogenated alkanes) is 1. The van der Waals surface area contributed by atoms with Crippen LogP contribution in [0.2, 0.25) is 0 Å². The second kappa shape index (κ2) is 8.08. The van der Waals surface area contributed by atoms with Gasteiger partial charge in [0.05, 0.1) is 0 Å². The van der Waals surface area contributed by atoms with Crippen LogP contribution < -0.4 is 0 Å². The van der Waals surface area contributed by atoms with Crippen molar-refractivity contribution in [1.82, 2.24) is 0 Å². The second-order valence-corrected chi connectivity index (χ2v) is 6.92. The lowest BCUT2D eigenvalue weighted by Gasteiger charge is -2.10. The summed E-state index contributed by atoms with van der Waals surface area (Å²) in [6.45, 7) is 6.81. The minimum absolute atomic E-state index is 0.738. The summed E-state index contributed by atoms with van der Waals surface area (Å²) in [5.41, 5.74) is 1.51. The Morgan fingerprint density at radius 1 is 1.19 bits per heavy atom. The summed E-state index contributed by atoms with van der Waals surface area (Å²) in [5, 5.41) is 0. The summed E-state index contributed by atoms with van der Waals surface area (Å²) in [4.78, 5) is 1.46. The molecule has 0 nitrogen and oxygen atoms in total. The molecule has 0 radical (unpaired) electrons. The highest BCUT2D eigenvalue weighted by molar-refractivity contribution is 8.76. The Kier molecular flexibility index (Phi) is 7.06. The summed E-state index contributed by atoms with van der Waals surface area (Å²) < 4.78 is 0. The van der Waals surface area contributed by atoms with Gasteiger partial charge >= 0.3 is 0 Å². The maximum Gasteiger partial charge on any atom is 0.0214 e. The molecule has 0 bridgehead atoms. The quantitative estimate of drug-likeness (QED) is 0.470. The van der Waals surface area contributed by atoms with E-state index in [9.17, 15) is 0 Å². The van der Waals surface area contributed by atoms with Crippen molar-refractivity contribution in [3.8, 4) is 0 Å². The maximum atomic E-state index is 2.28. The minimum atomic E-state index is 0.738. The van der Waals surface area contributed by atoms with Gasteiger partial charge in [0.15, 0.2) is 0 Å². The molecule has 0 amide bonds. The maximum absolute atomic E-state index is 2.28. The van der Waals surface area contributed by atoms with E-state index in [4.69, 9.17) is 0 Å². The van der Waals surface area contributed by atoms with Crippen LogP contribution in [0.25, 0.3) is 0 Å². The van der Waals surface area contributed by atoms with Crippen molar-refractivity contribution in [2.24, 2.45) is 5.92 Å². The van der Waals surface area contributed by atoms with E-state index < -0.39 is 0 Å². The highest BCUT2D eigenvalue weighted by Gasteiger charge is 2.04. The van der Waals surface area contributed by atoms with Crippen LogP contribution in [-0.4, -0.2) is 5.75 Å². The van der Waals surface area contributed by atoms with Crippen LogP contribution in [0, 0.1) is 5.92 Å². The van der Waals surface area contributed by atoms with Gasteiger partial charge in [0.1, 0.15) is 0 Å². The Morgan fingerprint density at radius 2 is 1.94 bits per heavy atom. The molecular weight excluding hydrogens is 232 g/mol. The van der Waals surface area contributed by atoms with E-state index in [1.807, 2.05) is 21.6 Å². The standard InChI is InChI=1S/C14H22S2/c1-4-5-10-15-16-14-9-7-6-8-13(14)11-12(2)3/h6-9,12H,4-5,10-11H2,1-3H3. The first-order valence-electron chi connectivity index (χ1n) is 6.11. The fourth-order valence-corrected chi connectivity index (χ4v) is 3.98. The van der Waals surface area contributed by atoms with Crippen molar-refractivity contribution in [3.05, 3.63) is 29.8 Å². The summed E-state index contributed by atoms with van der Waals surface area (Å²) in [6, 6.07) is 8.81. The van der Waals surface area contributed by atoms with Crippen LogP contribution in [-0.2, 0) is 6.42 Å². The van der Waals surface area contributed by atoms with Gasteiger partial charge in [-0.1, -0.05) is 67.0 Å². The molecular formula is C14H22S2. The minimum Gasteiger partial charge on any atom is -0.0889 e. The normalized spacial score (nSPS) is 11.0. The molecule has 0 fully saturated rings. The van der Waals surface area contributed by atoms with Gasteiger partial charge in [-0.25, -0.2) is 0 Å². The average Bonchev–Trinajstić information content (AvgIpc) is 2.26. The molecule has 0 unspecified atom stereocenters. The van der Waals surface area contributed by atoms with Crippen molar-refractivity contribution in [2.75, 3.05) is 5.75 Å². The zero-order valence-corrected chi connectivity index (χ0v) is 12.2. The van der Waals surface area contributed by atoms with Gasteiger partial charge in [0.25, 0.3) is 0 Å². The number of benzene rings is 1. The lowest BCUT2D eigenvalue weighted by Crippen LogP contribution is -1.95. The van der Waals surface area contributed by atoms with Gasteiger partial charge in [0, 0.05) is 10.6 Å². The molecule has 0 atom stereocenters. The van der Waals surface area contributed by atoms with E-state index >= 15 is 0 Å². The molecule has 0 aliphatic carbocycles. The molecule has 90 valence electrons. The molecule has 2 heteroatoms. The van der Waals surface area contributed by atoms with E-state index in [0.29, 0.717) is 0 Å². The topological polar surface area (TPSA) is 0 Å². The fraction of sp³-hybridized carbons (Fsp3) is 0.571. The molecule has 0 saturated carbocycles. The van der Waals surface area contributed by atoms with Crippen molar-refractivity contribution in [2.45, 2.75) is 44.9 Å². The Bertz CT molecular complexity index is 295. The summed E-state index contributed by atoms with van der Waals surface area (Å²) in [7, 11) is 3.93. The van der Waals surface area contributed by atoms with Crippen LogP contribution in [0.5, 0.6) is 0 Å². The third-order valence-corrected chi connectivity index (χ3v) is 4.87. The van der Waals surface area contributed by atoms with E-state index in [0.717, 1.165) is 5.92 Å². The highest BCUT2D eigenvalue weighted by Crippen LogP contribution is 2.34. The van der Waals surface area contributed by atoms with Gasteiger partial charge in [-0.05, 0) is 30.4 Å². The first-order valence-corrected chi connectivity index (χ1v) is 8.43. The second-order valence-electron chi connectivity index (χ2n) is 4.46. The van der Waals surface area contributed by atoms with Crippen LogP contribution in [0.15, 0.2) is 29.2 Å². The van der Waals surface area contributed by atoms with Crippen LogP contribution >= 0.6 is 21.6 Å². The number of hydrogen-bond donors (Lipinski definition) is 0. The molecule has 0 aliphatic rings. The lowest BCUT2D eigenvalue weighted by molar-refractivity contribution is 0.641. The molecule has 1 aromatic carbocycles. The Morgan fingerprint density at radius 3 is 2.62 bits per heavy atom. The monoisotopic (exact) mass is 254 g/mol. The zero-order valence-electron chi connectivity index (χ0n) is 10.5. The lowest BCUT2D eigenvalue weighted by atomic mass is 10.0. The van der Waals surface area contributed by atoms with Crippen LogP contribution in [0.4, 0.5) is 0 Å². The Labute approximate surface area is 108 Å². The average molecular weight is 254 g/mol. The number of rotatable bonds is 7. The largest absolute Gasteiger partial charge is 0.0889 e. The van der Waals surface area contributed by atoms with Crippen molar-refractivity contribution in [1.29, 1.82) is 0 Å². The first kappa shape index (κ1) is 14.0. The smallest absolute Gasteiger partial charge is 0.0214 e. The summed E-state index contributed by atoms with van der Waals surface area (Å²) in [6.07, 6.45) is 3.81. The van der Waals surface area contributed by atoms with E-state index in [1.54, 1.807) is 0 Å². The van der Waals surface area contributed by atoms with Crippen molar-refractivity contribution < 1.29 is 0 Å². The first-order chi connectivity index (χ1) is 7.74. The molecule has 16 heavy (non-hydrogen) atoms. The predicted molar refractivity (Wildman–Crippen MR) is 78.2 cm³/mol. The zero-order chi connectivity index (χ0) is 11.8. The van der Waals surface area contributed by atoms with Gasteiger partial charge in [-0.15, -0.1) is 0 Å². The summed E-state index contributed by atoms with van der Waals surface area (Å²) in [5.74, 6) is 2.00. The third kappa shape index (κ3) is 5.31. The summed E-state index contributed by atoms with van der Waals surface area (Å²) >= 11 is 0. The molecule has 0 aliphatic heterocycles. The van der Waals surface area contributed by atoms with E-state index in [-0.39, 0.29) is 0 Å². The molecule has 0 heterocycles. The Hall–Kier alpha value is -0.0800. The van der Waals surface area contributed by atoms with E-state index in [1.165, 1.54) is 35.5 Å². The highest BCUT2D eigenvalue weighted by atomic mass is 33.1. The molecule has 0 spiro atoms. The van der Waals surface area contributed by atoms with Gasteiger partial charge in [-0.3, -0.25) is 0 Å². The third-order valence-electron chi connectivity index (χ3n) is 2.33. The molecule has 0 N–H and O–H groups in total. The van der Waals surface area contributed by atoms with Crippen LogP contribution in [0.1, 0.15) is 39.2 Å². The predicted octanol–water partition coefficient (Wildman–Crippen LogP) is 5.43. The van der Waals surface area contributed by atoms with Crippen molar-refractivity contribution >= 4 is 21.6 Å². The SMILES string of the molecule is CCCCSSc1ccccc1CC(C)C. The van der Waals surface area contributed by atoms with Crippen LogP contribution in [0.3, 0.4) is 0 Å².